The Morgan fingerprint density at radius 2 is 1.24 bits per heavy atom. The number of thiocarbonyl (C=S) groups is 1. The van der Waals surface area contributed by atoms with Crippen LogP contribution in [-0.2, 0) is 4.75 Å². The predicted molar refractivity (Wildman–Crippen MR) is 114 cm³/mol. The number of thioether (sulfide) groups is 1. The highest BCUT2D eigenvalue weighted by atomic mass is 32.2. The predicted octanol–water partition coefficient (Wildman–Crippen LogP) is 6.60. The van der Waals surface area contributed by atoms with Crippen LogP contribution in [-0.4, -0.2) is 8.89 Å². The summed E-state index contributed by atoms with van der Waals surface area (Å²) >= 11 is 7.64. The molecule has 1 aromatic heterocycles. The monoisotopic (exact) mass is 361 g/mol. The highest BCUT2D eigenvalue weighted by Gasteiger charge is 2.25. The number of para-hydroxylation sites is 2. The standard InChI is InChI=1S/C22H19NS2/c1-22(2,16-10-4-3-5-11-16)25-21(24)23-19-14-8-6-12-17(19)18-13-7-9-15-20(18)23/h3-15H,1-2H3. The van der Waals surface area contributed by atoms with Gasteiger partial charge in [0.1, 0.15) is 4.32 Å². The lowest BCUT2D eigenvalue weighted by Crippen LogP contribution is -2.18. The van der Waals surface area contributed by atoms with Gasteiger partial charge in [-0.05, 0) is 31.5 Å². The third kappa shape index (κ3) is 2.88. The molecule has 3 heteroatoms. The van der Waals surface area contributed by atoms with E-state index in [9.17, 15) is 0 Å². The topological polar surface area (TPSA) is 4.93 Å². The second-order valence-electron chi connectivity index (χ2n) is 6.61. The fourth-order valence-electron chi connectivity index (χ4n) is 3.28. The molecule has 0 aliphatic heterocycles. The number of hydrogen-bond donors (Lipinski definition) is 0. The molecule has 0 saturated heterocycles. The van der Waals surface area contributed by atoms with Crippen molar-refractivity contribution in [2.75, 3.05) is 0 Å². The first-order valence-corrected chi connectivity index (χ1v) is 9.57. The molecule has 4 rings (SSSR count). The molecule has 0 atom stereocenters. The molecule has 0 radical (unpaired) electrons. The van der Waals surface area contributed by atoms with Gasteiger partial charge in [-0.2, -0.15) is 0 Å². The van der Waals surface area contributed by atoms with E-state index in [4.69, 9.17) is 12.2 Å². The summed E-state index contributed by atoms with van der Waals surface area (Å²) in [5.41, 5.74) is 3.62. The lowest BCUT2D eigenvalue weighted by molar-refractivity contribution is 0.788. The Hall–Kier alpha value is -2.10. The van der Waals surface area contributed by atoms with E-state index in [1.807, 2.05) is 0 Å². The summed E-state index contributed by atoms with van der Waals surface area (Å²) in [5.74, 6) is 0. The average Bonchev–Trinajstić information content (AvgIpc) is 2.97. The van der Waals surface area contributed by atoms with Gasteiger partial charge in [-0.25, -0.2) is 0 Å². The largest absolute Gasteiger partial charge is 0.295 e. The lowest BCUT2D eigenvalue weighted by Gasteiger charge is -2.25. The Labute approximate surface area is 157 Å². The minimum Gasteiger partial charge on any atom is -0.295 e. The van der Waals surface area contributed by atoms with Gasteiger partial charge in [-0.15, -0.1) is 0 Å². The van der Waals surface area contributed by atoms with Crippen LogP contribution < -0.4 is 0 Å². The third-order valence-corrected chi connectivity index (χ3v) is 6.11. The van der Waals surface area contributed by atoms with Crippen LogP contribution in [0.5, 0.6) is 0 Å². The van der Waals surface area contributed by atoms with E-state index in [1.54, 1.807) is 11.8 Å². The van der Waals surface area contributed by atoms with Crippen LogP contribution in [0.2, 0.25) is 0 Å². The van der Waals surface area contributed by atoms with Gasteiger partial charge < -0.3 is 0 Å². The van der Waals surface area contributed by atoms with Crippen LogP contribution >= 0.6 is 24.0 Å². The zero-order valence-corrected chi connectivity index (χ0v) is 15.9. The van der Waals surface area contributed by atoms with Crippen LogP contribution in [0.25, 0.3) is 21.8 Å². The summed E-state index contributed by atoms with van der Waals surface area (Å²) in [6.07, 6.45) is 0. The van der Waals surface area contributed by atoms with Crippen molar-refractivity contribution in [3.8, 4) is 0 Å². The zero-order valence-electron chi connectivity index (χ0n) is 14.3. The van der Waals surface area contributed by atoms with Gasteiger partial charge in [0, 0.05) is 15.5 Å². The Kier molecular flexibility index (Phi) is 4.14. The first-order valence-electron chi connectivity index (χ1n) is 8.35. The fourth-order valence-corrected chi connectivity index (χ4v) is 5.08. The van der Waals surface area contributed by atoms with Crippen LogP contribution in [0, 0.1) is 0 Å². The molecule has 4 aromatic rings. The number of benzene rings is 3. The molecular weight excluding hydrogens is 342 g/mol. The minimum absolute atomic E-state index is 0.0924. The van der Waals surface area contributed by atoms with Gasteiger partial charge in [0.25, 0.3) is 0 Å². The summed E-state index contributed by atoms with van der Waals surface area (Å²) in [6, 6.07) is 27.5. The maximum atomic E-state index is 5.90. The van der Waals surface area contributed by atoms with Crippen molar-refractivity contribution in [1.82, 2.24) is 4.57 Å². The smallest absolute Gasteiger partial charge is 0.146 e. The van der Waals surface area contributed by atoms with Crippen molar-refractivity contribution >= 4 is 50.1 Å². The summed E-state index contributed by atoms with van der Waals surface area (Å²) in [4.78, 5) is 0. The average molecular weight is 362 g/mol. The summed E-state index contributed by atoms with van der Waals surface area (Å²) in [5, 5.41) is 2.50. The first kappa shape index (κ1) is 16.4. The van der Waals surface area contributed by atoms with Gasteiger partial charge in [0.2, 0.25) is 0 Å². The van der Waals surface area contributed by atoms with Crippen molar-refractivity contribution in [2.45, 2.75) is 18.6 Å². The molecule has 0 unspecified atom stereocenters. The summed E-state index contributed by atoms with van der Waals surface area (Å²) in [7, 11) is 0. The molecule has 1 heterocycles. The molecule has 124 valence electrons. The van der Waals surface area contributed by atoms with Gasteiger partial charge in [-0.1, -0.05) is 90.7 Å². The number of fused-ring (bicyclic) bond motifs is 3. The zero-order chi connectivity index (χ0) is 17.4. The molecule has 0 N–H and O–H groups in total. The molecule has 0 aliphatic carbocycles. The van der Waals surface area contributed by atoms with Crippen molar-refractivity contribution < 1.29 is 0 Å². The number of hydrogen-bond acceptors (Lipinski definition) is 2. The molecule has 3 aromatic carbocycles. The van der Waals surface area contributed by atoms with E-state index in [2.05, 4.69) is 97.3 Å². The molecule has 0 aliphatic rings. The van der Waals surface area contributed by atoms with Gasteiger partial charge in [0.05, 0.1) is 11.0 Å². The van der Waals surface area contributed by atoms with Gasteiger partial charge in [0.15, 0.2) is 0 Å². The van der Waals surface area contributed by atoms with E-state index >= 15 is 0 Å². The van der Waals surface area contributed by atoms with Crippen molar-refractivity contribution in [2.24, 2.45) is 0 Å². The second-order valence-corrected chi connectivity index (χ2v) is 8.87. The van der Waals surface area contributed by atoms with Gasteiger partial charge >= 0.3 is 0 Å². The number of rotatable bonds is 2. The first-order chi connectivity index (χ1) is 12.1. The molecule has 0 spiro atoms. The molecule has 1 nitrogen and oxygen atoms in total. The van der Waals surface area contributed by atoms with E-state index in [0.29, 0.717) is 0 Å². The Morgan fingerprint density at radius 3 is 1.80 bits per heavy atom. The molecular formula is C22H19NS2. The van der Waals surface area contributed by atoms with Crippen LogP contribution in [0.4, 0.5) is 0 Å². The molecule has 0 saturated carbocycles. The fraction of sp³-hybridized carbons (Fsp3) is 0.136. The summed E-state index contributed by atoms with van der Waals surface area (Å²) < 4.78 is 3.01. The van der Waals surface area contributed by atoms with Crippen LogP contribution in [0.1, 0.15) is 19.4 Å². The maximum absolute atomic E-state index is 5.90. The van der Waals surface area contributed by atoms with Crippen LogP contribution in [0.15, 0.2) is 78.9 Å². The van der Waals surface area contributed by atoms with Crippen molar-refractivity contribution in [3.63, 3.8) is 0 Å². The molecule has 25 heavy (non-hydrogen) atoms. The summed E-state index contributed by atoms with van der Waals surface area (Å²) in [6.45, 7) is 4.46. The van der Waals surface area contributed by atoms with E-state index in [0.717, 1.165) is 4.32 Å². The van der Waals surface area contributed by atoms with E-state index in [-0.39, 0.29) is 4.75 Å². The Bertz CT molecular complexity index is 1010. The van der Waals surface area contributed by atoms with Gasteiger partial charge in [-0.3, -0.25) is 4.57 Å². The minimum atomic E-state index is -0.0924. The molecule has 0 fully saturated rings. The normalized spacial score (nSPS) is 11.9. The quantitative estimate of drug-likeness (QED) is 0.371. The Balaban J connectivity index is 1.82. The maximum Gasteiger partial charge on any atom is 0.146 e. The number of nitrogens with zero attached hydrogens (tertiary/aromatic N) is 1. The third-order valence-electron chi connectivity index (χ3n) is 4.57. The van der Waals surface area contributed by atoms with Crippen molar-refractivity contribution in [1.29, 1.82) is 0 Å². The highest BCUT2D eigenvalue weighted by molar-refractivity contribution is 8.23. The van der Waals surface area contributed by atoms with E-state index < -0.39 is 0 Å². The molecule has 0 bridgehead atoms. The van der Waals surface area contributed by atoms with E-state index in [1.165, 1.54) is 27.4 Å². The van der Waals surface area contributed by atoms with Crippen molar-refractivity contribution in [3.05, 3.63) is 84.4 Å². The highest BCUT2D eigenvalue weighted by Crippen LogP contribution is 2.39. The van der Waals surface area contributed by atoms with Crippen LogP contribution in [0.3, 0.4) is 0 Å². The number of aromatic nitrogens is 1. The molecule has 0 amide bonds. The Morgan fingerprint density at radius 1 is 0.760 bits per heavy atom. The lowest BCUT2D eigenvalue weighted by atomic mass is 10.0. The second kappa shape index (κ2) is 6.32. The SMILES string of the molecule is CC(C)(SC(=S)n1c2ccccc2c2ccccc21)c1ccccc1.